The molecule has 1 aromatic carbocycles. The first-order chi connectivity index (χ1) is 8.42. The molecule has 1 aliphatic rings. The maximum absolute atomic E-state index is 12.0. The number of carboxylic acid groups (broad SMARTS) is 1. The number of nitrogens with one attached hydrogen (secondary N) is 1. The predicted octanol–water partition coefficient (Wildman–Crippen LogP) is 0.818. The first-order valence-electron chi connectivity index (χ1n) is 5.50. The van der Waals surface area contributed by atoms with Gasteiger partial charge in [-0.15, -0.1) is 0 Å². The molecule has 98 valence electrons. The van der Waals surface area contributed by atoms with Crippen molar-refractivity contribution in [3.05, 3.63) is 29.8 Å². The van der Waals surface area contributed by atoms with E-state index in [2.05, 4.69) is 4.72 Å². The molecule has 0 bridgehead atoms. The Hall–Kier alpha value is -1.60. The topological polar surface area (TPSA) is 86.7 Å². The van der Waals surface area contributed by atoms with Crippen LogP contribution in [-0.2, 0) is 10.2 Å². The minimum absolute atomic E-state index is 0.0190. The molecule has 7 heteroatoms. The van der Waals surface area contributed by atoms with Gasteiger partial charge in [0.2, 0.25) is 0 Å². The van der Waals surface area contributed by atoms with E-state index < -0.39 is 16.2 Å². The molecular formula is C11H14N2O4S. The normalized spacial score (nSPS) is 15.4. The Bertz CT molecular complexity index is 566. The highest BCUT2D eigenvalue weighted by molar-refractivity contribution is 7.90. The highest BCUT2D eigenvalue weighted by Crippen LogP contribution is 2.24. The molecule has 1 saturated carbocycles. The van der Waals surface area contributed by atoms with Crippen LogP contribution in [0.3, 0.4) is 0 Å². The average Bonchev–Trinajstić information content (AvgIpc) is 3.11. The van der Waals surface area contributed by atoms with Crippen molar-refractivity contribution in [3.63, 3.8) is 0 Å². The maximum Gasteiger partial charge on any atom is 0.337 e. The van der Waals surface area contributed by atoms with Crippen molar-refractivity contribution < 1.29 is 18.3 Å². The van der Waals surface area contributed by atoms with Crippen molar-refractivity contribution in [2.75, 3.05) is 11.4 Å². The van der Waals surface area contributed by atoms with Gasteiger partial charge in [-0.05, 0) is 25.0 Å². The van der Waals surface area contributed by atoms with Crippen LogP contribution in [0.1, 0.15) is 23.2 Å². The van der Waals surface area contributed by atoms with Crippen molar-refractivity contribution >= 4 is 21.9 Å². The molecule has 2 rings (SSSR count). The highest BCUT2D eigenvalue weighted by atomic mass is 32.2. The van der Waals surface area contributed by atoms with Gasteiger partial charge in [-0.25, -0.2) is 4.79 Å². The minimum Gasteiger partial charge on any atom is -0.478 e. The predicted molar refractivity (Wildman–Crippen MR) is 66.9 cm³/mol. The third kappa shape index (κ3) is 2.62. The van der Waals surface area contributed by atoms with Crippen LogP contribution in [0.15, 0.2) is 24.3 Å². The van der Waals surface area contributed by atoms with Crippen LogP contribution >= 0.6 is 0 Å². The summed E-state index contributed by atoms with van der Waals surface area (Å²) in [6.07, 6.45) is 1.65. The number of rotatable bonds is 5. The van der Waals surface area contributed by atoms with Crippen LogP contribution in [0.4, 0.5) is 5.69 Å². The molecule has 0 unspecified atom stereocenters. The molecule has 0 radical (unpaired) electrons. The van der Waals surface area contributed by atoms with E-state index in [0.717, 1.165) is 17.1 Å². The van der Waals surface area contributed by atoms with Crippen molar-refractivity contribution in [2.45, 2.75) is 18.9 Å². The van der Waals surface area contributed by atoms with Crippen molar-refractivity contribution in [3.8, 4) is 0 Å². The van der Waals surface area contributed by atoms with Gasteiger partial charge in [-0.3, -0.25) is 4.31 Å². The Morgan fingerprint density at radius 3 is 2.56 bits per heavy atom. The lowest BCUT2D eigenvalue weighted by Gasteiger charge is -2.21. The van der Waals surface area contributed by atoms with Gasteiger partial charge in [0.05, 0.1) is 11.3 Å². The highest BCUT2D eigenvalue weighted by Gasteiger charge is 2.30. The molecule has 0 heterocycles. The first kappa shape index (κ1) is 12.8. The molecule has 6 nitrogen and oxygen atoms in total. The molecule has 2 N–H and O–H groups in total. The quantitative estimate of drug-likeness (QED) is 0.829. The molecule has 0 spiro atoms. The van der Waals surface area contributed by atoms with Gasteiger partial charge < -0.3 is 5.11 Å². The molecule has 0 aromatic heterocycles. The molecule has 0 saturated heterocycles. The summed E-state index contributed by atoms with van der Waals surface area (Å²) in [5, 5.41) is 9.03. The monoisotopic (exact) mass is 270 g/mol. The molecule has 0 aliphatic heterocycles. The molecule has 0 atom stereocenters. The van der Waals surface area contributed by atoms with E-state index in [9.17, 15) is 13.2 Å². The number of para-hydroxylation sites is 1. The van der Waals surface area contributed by atoms with Crippen molar-refractivity contribution in [2.24, 2.45) is 0 Å². The van der Waals surface area contributed by atoms with E-state index in [0.29, 0.717) is 0 Å². The number of carboxylic acids is 1. The third-order valence-electron chi connectivity index (χ3n) is 2.73. The summed E-state index contributed by atoms with van der Waals surface area (Å²) in [6.45, 7) is 0. The fourth-order valence-electron chi connectivity index (χ4n) is 1.55. The standard InChI is InChI=1S/C11H14N2O4S/c1-13(18(16,17)12-8-6-7-8)10-5-3-2-4-9(10)11(14)15/h2-5,8,12H,6-7H2,1H3,(H,14,15). The van der Waals surface area contributed by atoms with E-state index in [4.69, 9.17) is 5.11 Å². The second-order valence-corrected chi connectivity index (χ2v) is 5.92. The Balaban J connectivity index is 2.32. The summed E-state index contributed by atoms with van der Waals surface area (Å²) in [6, 6.07) is 5.98. The average molecular weight is 270 g/mol. The zero-order valence-electron chi connectivity index (χ0n) is 9.83. The second-order valence-electron chi connectivity index (χ2n) is 4.19. The lowest BCUT2D eigenvalue weighted by Crippen LogP contribution is -2.40. The Morgan fingerprint density at radius 1 is 1.39 bits per heavy atom. The number of benzene rings is 1. The Morgan fingerprint density at radius 2 is 2.00 bits per heavy atom. The van der Waals surface area contributed by atoms with Crippen LogP contribution in [0.2, 0.25) is 0 Å². The largest absolute Gasteiger partial charge is 0.478 e. The maximum atomic E-state index is 12.0. The summed E-state index contributed by atoms with van der Waals surface area (Å²) in [5.41, 5.74) is 0.110. The zero-order chi connectivity index (χ0) is 13.3. The van der Waals surface area contributed by atoms with Gasteiger partial charge in [0.15, 0.2) is 0 Å². The van der Waals surface area contributed by atoms with Gasteiger partial charge in [0, 0.05) is 13.1 Å². The van der Waals surface area contributed by atoms with Crippen LogP contribution in [0.25, 0.3) is 0 Å². The zero-order valence-corrected chi connectivity index (χ0v) is 10.6. The van der Waals surface area contributed by atoms with Crippen LogP contribution in [-0.4, -0.2) is 32.6 Å². The summed E-state index contributed by atoms with van der Waals surface area (Å²) in [5.74, 6) is -1.15. The minimum atomic E-state index is -3.69. The van der Waals surface area contributed by atoms with Gasteiger partial charge in [0.25, 0.3) is 0 Å². The van der Waals surface area contributed by atoms with Gasteiger partial charge >= 0.3 is 16.2 Å². The third-order valence-corrected chi connectivity index (χ3v) is 4.28. The fraction of sp³-hybridized carbons (Fsp3) is 0.364. The summed E-state index contributed by atoms with van der Waals surface area (Å²) >= 11 is 0. The molecule has 1 aliphatic carbocycles. The van der Waals surface area contributed by atoms with Crippen LogP contribution in [0.5, 0.6) is 0 Å². The van der Waals surface area contributed by atoms with Gasteiger partial charge in [-0.1, -0.05) is 12.1 Å². The number of hydrogen-bond donors (Lipinski definition) is 2. The number of anilines is 1. The van der Waals surface area contributed by atoms with Gasteiger partial charge in [0.1, 0.15) is 0 Å². The summed E-state index contributed by atoms with van der Waals surface area (Å²) in [4.78, 5) is 11.0. The molecule has 1 aromatic rings. The number of carbonyl (C=O) groups is 1. The number of hydrogen-bond acceptors (Lipinski definition) is 3. The molecule has 0 amide bonds. The summed E-state index contributed by atoms with van der Waals surface area (Å²) in [7, 11) is -2.35. The fourth-order valence-corrected chi connectivity index (χ4v) is 2.78. The van der Waals surface area contributed by atoms with E-state index >= 15 is 0 Å². The lowest BCUT2D eigenvalue weighted by atomic mass is 10.2. The van der Waals surface area contributed by atoms with Crippen molar-refractivity contribution in [1.29, 1.82) is 0 Å². The van der Waals surface area contributed by atoms with E-state index in [1.54, 1.807) is 12.1 Å². The number of aromatic carboxylic acids is 1. The Labute approximate surface area is 105 Å². The van der Waals surface area contributed by atoms with Crippen LogP contribution < -0.4 is 9.03 Å². The lowest BCUT2D eigenvalue weighted by molar-refractivity contribution is 0.0698. The second kappa shape index (κ2) is 4.58. The number of nitrogens with zero attached hydrogens (tertiary/aromatic N) is 1. The van der Waals surface area contributed by atoms with E-state index in [1.165, 1.54) is 19.2 Å². The molecule has 18 heavy (non-hydrogen) atoms. The molecular weight excluding hydrogens is 256 g/mol. The van der Waals surface area contributed by atoms with E-state index in [1.807, 2.05) is 0 Å². The Kier molecular flexibility index (Phi) is 3.27. The van der Waals surface area contributed by atoms with Crippen LogP contribution in [0, 0.1) is 0 Å². The van der Waals surface area contributed by atoms with Gasteiger partial charge in [-0.2, -0.15) is 13.1 Å². The van der Waals surface area contributed by atoms with Crippen molar-refractivity contribution in [1.82, 2.24) is 4.72 Å². The SMILES string of the molecule is CN(c1ccccc1C(=O)O)S(=O)(=O)NC1CC1. The molecule has 1 fully saturated rings. The summed E-state index contributed by atoms with van der Waals surface area (Å²) < 4.78 is 27.4. The first-order valence-corrected chi connectivity index (χ1v) is 6.94. The van der Waals surface area contributed by atoms with E-state index in [-0.39, 0.29) is 17.3 Å². The smallest absolute Gasteiger partial charge is 0.337 e.